The summed E-state index contributed by atoms with van der Waals surface area (Å²) < 4.78 is 0. The molecule has 1 rings (SSSR count). The van der Waals surface area contributed by atoms with E-state index in [-0.39, 0.29) is 5.54 Å². The number of pyridine rings is 1. The van der Waals surface area contributed by atoms with Crippen molar-refractivity contribution in [3.8, 4) is 0 Å². The SMILES string of the molecule is CSc1ncccc1C(C)(C)N. The van der Waals surface area contributed by atoms with Crippen molar-refractivity contribution >= 4 is 11.8 Å². The van der Waals surface area contributed by atoms with E-state index in [1.54, 1.807) is 18.0 Å². The van der Waals surface area contributed by atoms with E-state index in [1.807, 2.05) is 32.2 Å². The summed E-state index contributed by atoms with van der Waals surface area (Å²) in [6.07, 6.45) is 3.80. The molecule has 0 amide bonds. The minimum Gasteiger partial charge on any atom is -0.322 e. The lowest BCUT2D eigenvalue weighted by molar-refractivity contribution is 0.538. The van der Waals surface area contributed by atoms with Gasteiger partial charge in [-0.25, -0.2) is 4.98 Å². The molecule has 0 aromatic carbocycles. The summed E-state index contributed by atoms with van der Waals surface area (Å²) in [5.74, 6) is 0. The molecule has 0 spiro atoms. The van der Waals surface area contributed by atoms with Gasteiger partial charge in [0.25, 0.3) is 0 Å². The Morgan fingerprint density at radius 1 is 1.50 bits per heavy atom. The van der Waals surface area contributed by atoms with Gasteiger partial charge in [-0.2, -0.15) is 0 Å². The van der Waals surface area contributed by atoms with E-state index >= 15 is 0 Å². The van der Waals surface area contributed by atoms with E-state index in [0.717, 1.165) is 10.6 Å². The highest BCUT2D eigenvalue weighted by Gasteiger charge is 2.17. The molecule has 0 unspecified atom stereocenters. The van der Waals surface area contributed by atoms with Crippen LogP contribution in [0.2, 0.25) is 0 Å². The van der Waals surface area contributed by atoms with Crippen LogP contribution in [0.15, 0.2) is 23.4 Å². The topological polar surface area (TPSA) is 38.9 Å². The fourth-order valence-corrected chi connectivity index (χ4v) is 1.76. The van der Waals surface area contributed by atoms with Crippen LogP contribution in [0, 0.1) is 0 Å². The Morgan fingerprint density at radius 3 is 2.58 bits per heavy atom. The highest BCUT2D eigenvalue weighted by Crippen LogP contribution is 2.25. The van der Waals surface area contributed by atoms with Gasteiger partial charge in [-0.3, -0.25) is 0 Å². The Labute approximate surface area is 77.6 Å². The van der Waals surface area contributed by atoms with Gasteiger partial charge in [0.15, 0.2) is 0 Å². The van der Waals surface area contributed by atoms with E-state index in [4.69, 9.17) is 5.73 Å². The van der Waals surface area contributed by atoms with Gasteiger partial charge >= 0.3 is 0 Å². The van der Waals surface area contributed by atoms with E-state index in [9.17, 15) is 0 Å². The van der Waals surface area contributed by atoms with Crippen molar-refractivity contribution in [2.45, 2.75) is 24.4 Å². The third kappa shape index (κ3) is 1.99. The third-order valence-corrected chi connectivity index (χ3v) is 2.37. The van der Waals surface area contributed by atoms with Gasteiger partial charge in [-0.15, -0.1) is 11.8 Å². The molecule has 1 heterocycles. The zero-order valence-electron chi connectivity index (χ0n) is 7.66. The van der Waals surface area contributed by atoms with Crippen LogP contribution in [0.25, 0.3) is 0 Å². The molecule has 1 aromatic rings. The summed E-state index contributed by atoms with van der Waals surface area (Å²) in [4.78, 5) is 4.25. The van der Waals surface area contributed by atoms with Crippen molar-refractivity contribution in [2.24, 2.45) is 5.73 Å². The zero-order chi connectivity index (χ0) is 9.19. The molecule has 0 saturated heterocycles. The van der Waals surface area contributed by atoms with Crippen LogP contribution in [-0.4, -0.2) is 11.2 Å². The summed E-state index contributed by atoms with van der Waals surface area (Å²) in [6.45, 7) is 3.98. The van der Waals surface area contributed by atoms with Crippen molar-refractivity contribution in [2.75, 3.05) is 6.26 Å². The van der Waals surface area contributed by atoms with Crippen LogP contribution in [0.5, 0.6) is 0 Å². The van der Waals surface area contributed by atoms with Crippen LogP contribution in [0.1, 0.15) is 19.4 Å². The van der Waals surface area contributed by atoms with Crippen molar-refractivity contribution in [3.05, 3.63) is 23.9 Å². The fraction of sp³-hybridized carbons (Fsp3) is 0.444. The lowest BCUT2D eigenvalue weighted by atomic mass is 9.98. The maximum atomic E-state index is 5.98. The molecule has 0 saturated carbocycles. The first-order valence-corrected chi connectivity index (χ1v) is 5.06. The average Bonchev–Trinajstić information content (AvgIpc) is 2.03. The van der Waals surface area contributed by atoms with Crippen LogP contribution >= 0.6 is 11.8 Å². The molecule has 12 heavy (non-hydrogen) atoms. The Morgan fingerprint density at radius 2 is 2.17 bits per heavy atom. The van der Waals surface area contributed by atoms with Gasteiger partial charge < -0.3 is 5.73 Å². The van der Waals surface area contributed by atoms with Crippen LogP contribution in [0.4, 0.5) is 0 Å². The molecule has 2 N–H and O–H groups in total. The van der Waals surface area contributed by atoms with Gasteiger partial charge in [0.1, 0.15) is 5.03 Å². The molecule has 0 aliphatic rings. The molecule has 0 atom stereocenters. The van der Waals surface area contributed by atoms with Gasteiger partial charge in [0.05, 0.1) is 0 Å². The maximum Gasteiger partial charge on any atom is 0.101 e. The van der Waals surface area contributed by atoms with Gasteiger partial charge in [0, 0.05) is 17.3 Å². The fourth-order valence-electron chi connectivity index (χ4n) is 1.04. The second kappa shape index (κ2) is 3.46. The van der Waals surface area contributed by atoms with Gasteiger partial charge in [-0.05, 0) is 26.2 Å². The molecule has 3 heteroatoms. The Kier molecular flexibility index (Phi) is 2.75. The maximum absolute atomic E-state index is 5.98. The molecule has 66 valence electrons. The zero-order valence-corrected chi connectivity index (χ0v) is 8.48. The summed E-state index contributed by atoms with van der Waals surface area (Å²) in [6, 6.07) is 3.95. The molecular formula is C9H14N2S. The van der Waals surface area contributed by atoms with E-state index < -0.39 is 0 Å². The normalized spacial score (nSPS) is 11.7. The Bertz CT molecular complexity index is 265. The molecule has 0 aliphatic carbocycles. The van der Waals surface area contributed by atoms with E-state index in [1.165, 1.54) is 0 Å². The number of hydrogen-bond donors (Lipinski definition) is 1. The molecule has 1 aromatic heterocycles. The number of rotatable bonds is 2. The second-order valence-corrected chi connectivity index (χ2v) is 4.08. The number of nitrogens with zero attached hydrogens (tertiary/aromatic N) is 1. The van der Waals surface area contributed by atoms with Crippen molar-refractivity contribution in [3.63, 3.8) is 0 Å². The van der Waals surface area contributed by atoms with Gasteiger partial charge in [0.2, 0.25) is 0 Å². The first kappa shape index (κ1) is 9.55. The predicted molar refractivity (Wildman–Crippen MR) is 53.2 cm³/mol. The third-order valence-electron chi connectivity index (χ3n) is 1.66. The number of aromatic nitrogens is 1. The van der Waals surface area contributed by atoms with Crippen LogP contribution in [-0.2, 0) is 5.54 Å². The largest absolute Gasteiger partial charge is 0.322 e. The summed E-state index contributed by atoms with van der Waals surface area (Å²) in [7, 11) is 0. The van der Waals surface area contributed by atoms with Crippen molar-refractivity contribution in [1.82, 2.24) is 4.98 Å². The average molecular weight is 182 g/mol. The molecule has 2 nitrogen and oxygen atoms in total. The molecule has 0 bridgehead atoms. The van der Waals surface area contributed by atoms with Crippen LogP contribution < -0.4 is 5.73 Å². The lowest BCUT2D eigenvalue weighted by Gasteiger charge is -2.20. The van der Waals surface area contributed by atoms with Gasteiger partial charge in [-0.1, -0.05) is 6.07 Å². The monoisotopic (exact) mass is 182 g/mol. The molecule has 0 fully saturated rings. The summed E-state index contributed by atoms with van der Waals surface area (Å²) in [5.41, 5.74) is 6.79. The van der Waals surface area contributed by atoms with Crippen molar-refractivity contribution in [1.29, 1.82) is 0 Å². The minimum absolute atomic E-state index is 0.299. The summed E-state index contributed by atoms with van der Waals surface area (Å²) >= 11 is 1.63. The highest BCUT2D eigenvalue weighted by atomic mass is 32.2. The predicted octanol–water partition coefficient (Wildman–Crippen LogP) is 2.00. The first-order valence-electron chi connectivity index (χ1n) is 3.84. The standard InChI is InChI=1S/C9H14N2S/c1-9(2,10)7-5-4-6-11-8(7)12-3/h4-6H,10H2,1-3H3. The number of nitrogens with two attached hydrogens (primary N) is 1. The first-order chi connectivity index (χ1) is 5.55. The lowest BCUT2D eigenvalue weighted by Crippen LogP contribution is -2.29. The van der Waals surface area contributed by atoms with E-state index in [0.29, 0.717) is 0 Å². The minimum atomic E-state index is -0.299. The quantitative estimate of drug-likeness (QED) is 0.711. The molecule has 0 aliphatic heterocycles. The number of hydrogen-bond acceptors (Lipinski definition) is 3. The number of thioether (sulfide) groups is 1. The summed E-state index contributed by atoms with van der Waals surface area (Å²) in [5, 5.41) is 1.02. The molecular weight excluding hydrogens is 168 g/mol. The molecule has 0 radical (unpaired) electrons. The second-order valence-electron chi connectivity index (χ2n) is 3.28. The Hall–Kier alpha value is -0.540. The Balaban J connectivity index is 3.14. The van der Waals surface area contributed by atoms with E-state index in [2.05, 4.69) is 4.98 Å². The van der Waals surface area contributed by atoms with Crippen molar-refractivity contribution < 1.29 is 0 Å². The highest BCUT2D eigenvalue weighted by molar-refractivity contribution is 7.98. The van der Waals surface area contributed by atoms with Crippen LogP contribution in [0.3, 0.4) is 0 Å². The smallest absolute Gasteiger partial charge is 0.101 e.